The summed E-state index contributed by atoms with van der Waals surface area (Å²) in [5.74, 6) is 1.60. The quantitative estimate of drug-likeness (QED) is 0.245. The first-order chi connectivity index (χ1) is 18.8. The summed E-state index contributed by atoms with van der Waals surface area (Å²) in [6, 6.07) is 15.9. The largest absolute Gasteiger partial charge is 0.368 e. The van der Waals surface area contributed by atoms with Gasteiger partial charge in [-0.1, -0.05) is 23.7 Å². The van der Waals surface area contributed by atoms with Gasteiger partial charge in [0.25, 0.3) is 0 Å². The molecule has 2 aliphatic rings. The normalized spacial score (nSPS) is 16.9. The van der Waals surface area contributed by atoms with E-state index in [9.17, 15) is 4.79 Å². The lowest BCUT2D eigenvalue weighted by Crippen LogP contribution is -2.49. The molecule has 1 saturated heterocycles. The van der Waals surface area contributed by atoms with Crippen molar-refractivity contribution in [2.24, 2.45) is 4.99 Å². The second kappa shape index (κ2) is 10.7. The first-order valence-electron chi connectivity index (χ1n) is 12.9. The van der Waals surface area contributed by atoms with E-state index in [2.05, 4.69) is 80.4 Å². The smallest absolute Gasteiger partial charge is 0.225 e. The van der Waals surface area contributed by atoms with Gasteiger partial charge in [0.05, 0.1) is 12.1 Å². The van der Waals surface area contributed by atoms with Crippen molar-refractivity contribution < 1.29 is 4.79 Å². The topological polar surface area (TPSA) is 66.6 Å². The number of rotatable bonds is 4. The number of anilines is 1. The number of carbonyl (C=O) groups is 1. The summed E-state index contributed by atoms with van der Waals surface area (Å²) in [7, 11) is 0. The minimum Gasteiger partial charge on any atom is -0.368 e. The number of fused-ring (bicyclic) bond motifs is 3. The highest BCUT2D eigenvalue weighted by Gasteiger charge is 2.33. The Balaban J connectivity index is 1.31. The lowest BCUT2D eigenvalue weighted by Gasteiger charge is -2.36. The summed E-state index contributed by atoms with van der Waals surface area (Å²) < 4.78 is 3.31. The maximum atomic E-state index is 13.7. The Bertz CT molecular complexity index is 1570. The summed E-state index contributed by atoms with van der Waals surface area (Å²) in [4.78, 5) is 24.4. The van der Waals surface area contributed by atoms with Crippen LogP contribution in [0.15, 0.2) is 53.5 Å². The van der Waals surface area contributed by atoms with E-state index in [0.717, 1.165) is 40.8 Å². The van der Waals surface area contributed by atoms with Crippen LogP contribution in [0.1, 0.15) is 45.7 Å². The molecule has 0 saturated carbocycles. The van der Waals surface area contributed by atoms with Gasteiger partial charge in [0.1, 0.15) is 16.9 Å². The third kappa shape index (κ3) is 5.00. The van der Waals surface area contributed by atoms with E-state index in [4.69, 9.17) is 16.6 Å². The fraction of sp³-hybridized carbons (Fsp3) is 0.310. The van der Waals surface area contributed by atoms with Crippen molar-refractivity contribution in [1.29, 1.82) is 0 Å². The predicted molar refractivity (Wildman–Crippen MR) is 166 cm³/mol. The summed E-state index contributed by atoms with van der Waals surface area (Å²) >= 11 is 10.3. The van der Waals surface area contributed by atoms with Crippen molar-refractivity contribution in [2.45, 2.75) is 33.2 Å². The number of aliphatic imine (C=N–C) groups is 1. The molecule has 2 aromatic heterocycles. The molecule has 1 amide bonds. The molecular formula is C29H28ClIN6OS. The molecule has 0 bridgehead atoms. The molecule has 6 rings (SSSR count). The Morgan fingerprint density at radius 2 is 1.69 bits per heavy atom. The molecule has 0 unspecified atom stereocenters. The highest BCUT2D eigenvalue weighted by molar-refractivity contribution is 14.1. The van der Waals surface area contributed by atoms with Crippen LogP contribution in [0.25, 0.3) is 5.00 Å². The fourth-order valence-corrected chi connectivity index (χ4v) is 6.99. The molecule has 0 radical (unpaired) electrons. The standard InChI is InChI=1S/C29H28ClIN6OS/c1-17-18(2)39-29-26(17)27(20-4-6-21(30)7-5-20)32-24(28-34-33-19(3)37(28)29)16-25(38)36-14-12-35(13-15-36)23-10-8-22(31)9-11-23/h4-11,24H,12-16H2,1-3H3/t24-/m0/s1. The lowest BCUT2D eigenvalue weighted by molar-refractivity contribution is -0.131. The first kappa shape index (κ1) is 26.5. The Labute approximate surface area is 250 Å². The Morgan fingerprint density at radius 3 is 2.38 bits per heavy atom. The van der Waals surface area contributed by atoms with Crippen molar-refractivity contribution in [3.8, 4) is 5.00 Å². The van der Waals surface area contributed by atoms with Gasteiger partial charge in [0.2, 0.25) is 5.91 Å². The first-order valence-corrected chi connectivity index (χ1v) is 15.2. The Hall–Kier alpha value is -2.76. The molecular weight excluding hydrogens is 643 g/mol. The van der Waals surface area contributed by atoms with Gasteiger partial charge in [-0.2, -0.15) is 0 Å². The molecule has 0 spiro atoms. The average molecular weight is 671 g/mol. The van der Waals surface area contributed by atoms with Crippen molar-refractivity contribution in [3.63, 3.8) is 0 Å². The summed E-state index contributed by atoms with van der Waals surface area (Å²) in [6.07, 6.45) is 0.242. The maximum absolute atomic E-state index is 13.7. The number of amides is 1. The Morgan fingerprint density at radius 1 is 1.00 bits per heavy atom. The zero-order chi connectivity index (χ0) is 27.3. The van der Waals surface area contributed by atoms with Crippen LogP contribution < -0.4 is 4.90 Å². The molecule has 1 atom stereocenters. The number of thiophene rings is 1. The molecule has 2 aliphatic heterocycles. The highest BCUT2D eigenvalue weighted by atomic mass is 127. The van der Waals surface area contributed by atoms with Crippen molar-refractivity contribution in [2.75, 3.05) is 31.1 Å². The SMILES string of the molecule is Cc1sc2c(c1C)C(c1ccc(Cl)cc1)=N[C@@H](CC(=O)N1CCN(c3ccc(I)cc3)CC1)c1nnc(C)n1-2. The lowest BCUT2D eigenvalue weighted by atomic mass is 9.99. The maximum Gasteiger partial charge on any atom is 0.225 e. The number of aromatic nitrogens is 3. The zero-order valence-electron chi connectivity index (χ0n) is 22.0. The molecule has 4 aromatic rings. The molecule has 200 valence electrons. The van der Waals surface area contributed by atoms with E-state index < -0.39 is 6.04 Å². The van der Waals surface area contributed by atoms with E-state index in [1.807, 2.05) is 36.1 Å². The van der Waals surface area contributed by atoms with E-state index in [0.29, 0.717) is 23.9 Å². The third-order valence-corrected chi connectivity index (χ3v) is 9.71. The van der Waals surface area contributed by atoms with Gasteiger partial charge in [-0.05, 0) is 85.3 Å². The number of hydrogen-bond donors (Lipinski definition) is 0. The number of carbonyl (C=O) groups excluding carboxylic acids is 1. The summed E-state index contributed by atoms with van der Waals surface area (Å²) in [5, 5.41) is 10.7. The van der Waals surface area contributed by atoms with Gasteiger partial charge in [-0.25, -0.2) is 0 Å². The van der Waals surface area contributed by atoms with Crippen LogP contribution in [0, 0.1) is 24.3 Å². The molecule has 1 fully saturated rings. The van der Waals surface area contributed by atoms with Crippen molar-refractivity contribution in [3.05, 3.63) is 90.3 Å². The highest BCUT2D eigenvalue weighted by Crippen LogP contribution is 2.39. The van der Waals surface area contributed by atoms with Crippen LogP contribution in [-0.2, 0) is 4.79 Å². The van der Waals surface area contributed by atoms with Crippen LogP contribution >= 0.6 is 45.5 Å². The van der Waals surface area contributed by atoms with Gasteiger partial charge in [0.15, 0.2) is 5.82 Å². The van der Waals surface area contributed by atoms with E-state index in [1.54, 1.807) is 11.3 Å². The molecule has 10 heteroatoms. The minimum absolute atomic E-state index is 0.0897. The summed E-state index contributed by atoms with van der Waals surface area (Å²) in [6.45, 7) is 9.20. The number of nitrogens with zero attached hydrogens (tertiary/aromatic N) is 6. The number of halogens is 2. The monoisotopic (exact) mass is 670 g/mol. The molecule has 4 heterocycles. The molecule has 39 heavy (non-hydrogen) atoms. The molecule has 0 N–H and O–H groups in total. The van der Waals surface area contributed by atoms with Crippen LogP contribution in [-0.4, -0.2) is 57.5 Å². The van der Waals surface area contributed by atoms with Crippen LogP contribution in [0.3, 0.4) is 0 Å². The Kier molecular flexibility index (Phi) is 7.24. The van der Waals surface area contributed by atoms with Crippen molar-refractivity contribution in [1.82, 2.24) is 19.7 Å². The number of hydrogen-bond acceptors (Lipinski definition) is 6. The molecule has 2 aromatic carbocycles. The number of aryl methyl sites for hydroxylation is 2. The molecule has 0 aliphatic carbocycles. The van der Waals surface area contributed by atoms with Gasteiger partial charge in [-0.3, -0.25) is 14.4 Å². The van der Waals surface area contributed by atoms with Crippen LogP contribution in [0.4, 0.5) is 5.69 Å². The third-order valence-electron chi connectivity index (χ3n) is 7.55. The van der Waals surface area contributed by atoms with Crippen LogP contribution in [0.5, 0.6) is 0 Å². The van der Waals surface area contributed by atoms with E-state index in [-0.39, 0.29) is 12.3 Å². The van der Waals surface area contributed by atoms with Crippen LogP contribution in [0.2, 0.25) is 5.02 Å². The van der Waals surface area contributed by atoms with E-state index >= 15 is 0 Å². The van der Waals surface area contributed by atoms with Gasteiger partial charge >= 0.3 is 0 Å². The number of piperazine rings is 1. The molecule has 7 nitrogen and oxygen atoms in total. The second-order valence-electron chi connectivity index (χ2n) is 9.95. The second-order valence-corrected chi connectivity index (χ2v) is 12.8. The van der Waals surface area contributed by atoms with Crippen molar-refractivity contribution >= 4 is 62.8 Å². The number of benzene rings is 2. The van der Waals surface area contributed by atoms with Gasteiger partial charge in [0, 0.05) is 56.5 Å². The predicted octanol–water partition coefficient (Wildman–Crippen LogP) is 6.14. The minimum atomic E-state index is -0.446. The van der Waals surface area contributed by atoms with E-state index in [1.165, 1.54) is 19.7 Å². The van der Waals surface area contributed by atoms with Gasteiger partial charge < -0.3 is 9.80 Å². The van der Waals surface area contributed by atoms with Gasteiger partial charge in [-0.15, -0.1) is 21.5 Å². The fourth-order valence-electron chi connectivity index (χ4n) is 5.29. The average Bonchev–Trinajstić information content (AvgIpc) is 3.41. The zero-order valence-corrected chi connectivity index (χ0v) is 25.7. The summed E-state index contributed by atoms with van der Waals surface area (Å²) in [5.41, 5.74) is 5.30.